The van der Waals surface area contributed by atoms with Crippen molar-refractivity contribution in [1.82, 2.24) is 15.0 Å². The van der Waals surface area contributed by atoms with Crippen LogP contribution in [0.2, 0.25) is 0 Å². The van der Waals surface area contributed by atoms with Gasteiger partial charge in [-0.3, -0.25) is 4.98 Å². The number of halogens is 1. The van der Waals surface area contributed by atoms with Crippen LogP contribution in [0.3, 0.4) is 0 Å². The highest BCUT2D eigenvalue weighted by molar-refractivity contribution is 5.72. The number of hydrogen-bond donors (Lipinski definition) is 1. The average molecular weight is 382 g/mol. The summed E-state index contributed by atoms with van der Waals surface area (Å²) in [6, 6.07) is 20.1. The molecule has 0 unspecified atom stereocenters. The topological polar surface area (TPSA) is 50.7 Å². The number of hydrogen-bond acceptors (Lipinski definition) is 4. The monoisotopic (exact) mass is 382 g/mol. The van der Waals surface area contributed by atoms with Gasteiger partial charge in [0.05, 0.1) is 5.69 Å². The lowest BCUT2D eigenvalue weighted by Gasteiger charge is -2.10. The highest BCUT2D eigenvalue weighted by Gasteiger charge is 2.10. The molecule has 4 rings (SSSR count). The molecule has 4 nitrogen and oxygen atoms in total. The van der Waals surface area contributed by atoms with Crippen molar-refractivity contribution in [3.05, 3.63) is 97.6 Å². The summed E-state index contributed by atoms with van der Waals surface area (Å²) in [6.07, 6.45) is 5.30. The molecule has 2 heterocycles. The molecule has 29 heavy (non-hydrogen) atoms. The Labute approximate surface area is 168 Å². The lowest BCUT2D eigenvalue weighted by molar-refractivity contribution is 0.628. The average Bonchev–Trinajstić information content (AvgIpc) is 2.78. The second-order valence-corrected chi connectivity index (χ2v) is 6.47. The van der Waals surface area contributed by atoms with Gasteiger partial charge in [0.1, 0.15) is 11.6 Å². The zero-order valence-corrected chi connectivity index (χ0v) is 15.7. The molecule has 5 heteroatoms. The second kappa shape index (κ2) is 8.44. The number of benzene rings is 2. The van der Waals surface area contributed by atoms with Gasteiger partial charge >= 0.3 is 0 Å². The van der Waals surface area contributed by atoms with Gasteiger partial charge in [-0.05, 0) is 23.8 Å². The van der Waals surface area contributed by atoms with Crippen molar-refractivity contribution in [2.45, 2.75) is 0 Å². The van der Waals surface area contributed by atoms with Crippen molar-refractivity contribution in [2.75, 3.05) is 11.9 Å². The van der Waals surface area contributed by atoms with Gasteiger partial charge in [0, 0.05) is 41.7 Å². The molecular formula is C24H19FN4. The van der Waals surface area contributed by atoms with Crippen LogP contribution >= 0.6 is 0 Å². The molecule has 0 atom stereocenters. The van der Waals surface area contributed by atoms with Crippen LogP contribution in [-0.4, -0.2) is 21.5 Å². The first-order valence-corrected chi connectivity index (χ1v) is 9.23. The van der Waals surface area contributed by atoms with E-state index in [1.165, 1.54) is 12.1 Å². The van der Waals surface area contributed by atoms with Crippen LogP contribution in [0.4, 0.5) is 10.2 Å². The summed E-state index contributed by atoms with van der Waals surface area (Å²) in [7, 11) is 0. The molecule has 0 amide bonds. The van der Waals surface area contributed by atoms with Crippen LogP contribution in [0, 0.1) is 5.82 Å². The van der Waals surface area contributed by atoms with E-state index < -0.39 is 0 Å². The molecule has 0 radical (unpaired) electrons. The Hall–Kier alpha value is -3.86. The number of nitrogens with zero attached hydrogens (tertiary/aromatic N) is 3. The van der Waals surface area contributed by atoms with Crippen molar-refractivity contribution in [3.8, 4) is 33.8 Å². The number of anilines is 1. The van der Waals surface area contributed by atoms with Crippen LogP contribution in [0.25, 0.3) is 33.8 Å². The van der Waals surface area contributed by atoms with Crippen LogP contribution < -0.4 is 5.32 Å². The van der Waals surface area contributed by atoms with E-state index in [9.17, 15) is 4.39 Å². The first-order valence-electron chi connectivity index (χ1n) is 9.23. The fraction of sp³-hybridized carbons (Fsp3) is 0.0417. The van der Waals surface area contributed by atoms with Crippen molar-refractivity contribution in [1.29, 1.82) is 0 Å². The summed E-state index contributed by atoms with van der Waals surface area (Å²) in [4.78, 5) is 13.7. The number of pyridine rings is 1. The highest BCUT2D eigenvalue weighted by atomic mass is 19.1. The van der Waals surface area contributed by atoms with E-state index in [4.69, 9.17) is 4.98 Å². The second-order valence-electron chi connectivity index (χ2n) is 6.47. The molecule has 0 saturated carbocycles. The Morgan fingerprint density at radius 3 is 2.34 bits per heavy atom. The molecule has 0 bridgehead atoms. The minimum absolute atomic E-state index is 0.265. The van der Waals surface area contributed by atoms with E-state index in [0.29, 0.717) is 18.2 Å². The maximum absolute atomic E-state index is 13.3. The molecule has 0 saturated heterocycles. The van der Waals surface area contributed by atoms with Crippen molar-refractivity contribution in [3.63, 3.8) is 0 Å². The minimum atomic E-state index is -0.265. The van der Waals surface area contributed by atoms with Crippen LogP contribution in [0.5, 0.6) is 0 Å². The molecule has 0 spiro atoms. The molecule has 0 aliphatic rings. The van der Waals surface area contributed by atoms with E-state index in [1.54, 1.807) is 30.6 Å². The SMILES string of the molecule is C=CCNc1cc(-c2cncc(-c3ccc(F)cc3)c2)nc(-c2ccccc2)n1. The van der Waals surface area contributed by atoms with E-state index in [0.717, 1.165) is 27.9 Å². The first kappa shape index (κ1) is 18.5. The Balaban J connectivity index is 1.78. The number of rotatable bonds is 6. The van der Waals surface area contributed by atoms with Gasteiger partial charge < -0.3 is 5.32 Å². The summed E-state index contributed by atoms with van der Waals surface area (Å²) >= 11 is 0. The molecule has 0 fully saturated rings. The van der Waals surface area contributed by atoms with Crippen LogP contribution in [-0.2, 0) is 0 Å². The van der Waals surface area contributed by atoms with Gasteiger partial charge in [0.2, 0.25) is 0 Å². The Morgan fingerprint density at radius 1 is 0.828 bits per heavy atom. The molecule has 2 aromatic carbocycles. The van der Waals surface area contributed by atoms with E-state index in [-0.39, 0.29) is 5.82 Å². The predicted molar refractivity (Wildman–Crippen MR) is 115 cm³/mol. The summed E-state index contributed by atoms with van der Waals surface area (Å²) in [5.74, 6) is 1.07. The Kier molecular flexibility index (Phi) is 5.38. The van der Waals surface area contributed by atoms with Crippen LogP contribution in [0.1, 0.15) is 0 Å². The van der Waals surface area contributed by atoms with Gasteiger partial charge in [0.25, 0.3) is 0 Å². The fourth-order valence-electron chi connectivity index (χ4n) is 2.96. The van der Waals surface area contributed by atoms with Gasteiger partial charge in [-0.25, -0.2) is 14.4 Å². The van der Waals surface area contributed by atoms with Crippen LogP contribution in [0.15, 0.2) is 91.8 Å². The van der Waals surface area contributed by atoms with E-state index in [2.05, 4.69) is 21.9 Å². The van der Waals surface area contributed by atoms with Gasteiger partial charge in [-0.2, -0.15) is 0 Å². The van der Waals surface area contributed by atoms with Crippen molar-refractivity contribution in [2.24, 2.45) is 0 Å². The molecule has 1 N–H and O–H groups in total. The summed E-state index contributed by atoms with van der Waals surface area (Å²) in [6.45, 7) is 4.34. The summed E-state index contributed by atoms with van der Waals surface area (Å²) in [5, 5.41) is 3.24. The molecule has 142 valence electrons. The molecule has 0 aliphatic carbocycles. The third kappa shape index (κ3) is 4.35. The summed E-state index contributed by atoms with van der Waals surface area (Å²) in [5.41, 5.74) is 4.32. The van der Waals surface area contributed by atoms with Gasteiger partial charge in [0.15, 0.2) is 5.82 Å². The molecule has 4 aromatic rings. The van der Waals surface area contributed by atoms with E-state index >= 15 is 0 Å². The quantitative estimate of drug-likeness (QED) is 0.440. The molecule has 0 aliphatic heterocycles. The van der Waals surface area contributed by atoms with E-state index in [1.807, 2.05) is 42.5 Å². The first-order chi connectivity index (χ1) is 14.2. The Morgan fingerprint density at radius 2 is 1.59 bits per heavy atom. The van der Waals surface area contributed by atoms with Crippen molar-refractivity contribution < 1.29 is 4.39 Å². The zero-order valence-electron chi connectivity index (χ0n) is 15.7. The third-order valence-corrected chi connectivity index (χ3v) is 4.40. The predicted octanol–water partition coefficient (Wildman–Crippen LogP) is 5.61. The number of nitrogens with one attached hydrogen (secondary N) is 1. The Bertz CT molecular complexity index is 1130. The lowest BCUT2D eigenvalue weighted by atomic mass is 10.0. The minimum Gasteiger partial charge on any atom is -0.366 e. The lowest BCUT2D eigenvalue weighted by Crippen LogP contribution is -2.03. The summed E-state index contributed by atoms with van der Waals surface area (Å²) < 4.78 is 13.3. The number of aromatic nitrogens is 3. The van der Waals surface area contributed by atoms with Crippen molar-refractivity contribution >= 4 is 5.82 Å². The van der Waals surface area contributed by atoms with Gasteiger partial charge in [-0.15, -0.1) is 6.58 Å². The molecular weight excluding hydrogens is 363 g/mol. The molecule has 2 aromatic heterocycles. The van der Waals surface area contributed by atoms with Gasteiger partial charge in [-0.1, -0.05) is 48.5 Å². The normalized spacial score (nSPS) is 10.5. The maximum atomic E-state index is 13.3. The smallest absolute Gasteiger partial charge is 0.162 e. The maximum Gasteiger partial charge on any atom is 0.162 e. The zero-order chi connectivity index (χ0) is 20.1. The third-order valence-electron chi connectivity index (χ3n) is 4.40. The highest BCUT2D eigenvalue weighted by Crippen LogP contribution is 2.27. The standard InChI is InChI=1S/C24H19FN4/c1-2-12-27-23-14-22(28-24(29-23)18-6-4-3-5-7-18)20-13-19(15-26-16-20)17-8-10-21(25)11-9-17/h2-11,13-16H,1,12H2,(H,27,28,29). The largest absolute Gasteiger partial charge is 0.366 e. The fourth-order valence-corrected chi connectivity index (χ4v) is 2.96.